The van der Waals surface area contributed by atoms with E-state index in [9.17, 15) is 0 Å². The maximum atomic E-state index is 7.88. The number of methoxy groups -OCH3 is 3. The van der Waals surface area contributed by atoms with Gasteiger partial charge in [0.25, 0.3) is 8.32 Å². The quantitative estimate of drug-likeness (QED) is 0.127. The van der Waals surface area contributed by atoms with Gasteiger partial charge in [-0.3, -0.25) is 0 Å². The summed E-state index contributed by atoms with van der Waals surface area (Å²) in [6, 6.07) is 6.10. The minimum absolute atomic E-state index is 0.0387. The summed E-state index contributed by atoms with van der Waals surface area (Å²) >= 11 is 3.86. The van der Waals surface area contributed by atoms with Crippen molar-refractivity contribution in [3.05, 3.63) is 33.8 Å². The monoisotopic (exact) mass is 838 g/mol. The summed E-state index contributed by atoms with van der Waals surface area (Å²) in [5.74, 6) is 3.12. The smallest absolute Gasteiger partial charge is 0.454 e. The standard InChI is InChI=1S/C39H64BBrO10Si2/c1-23(2)53(24(3)4,25(5)6)50-37(27-18-29(43-14)34(44-15)31(19-27)49-52(16,17)38(8,9)10)39(11)26(7)33(48-40(12)51-39)28-20-30-35(47-22-45-30)36(32(28)41)46-21-42-13/h18-20,23-26,33,37H,21-22H2,1-17H3/t26-,33+,37+,39+/m0/s1. The Kier molecular flexibility index (Phi) is 13.8. The third-order valence-electron chi connectivity index (χ3n) is 11.8. The minimum atomic E-state index is -2.55. The summed E-state index contributed by atoms with van der Waals surface area (Å²) in [7, 11) is -0.569. The number of ether oxygens (including phenoxy) is 6. The van der Waals surface area contributed by atoms with Crippen molar-refractivity contribution in [2.45, 2.75) is 136 Å². The average Bonchev–Trinajstić information content (AvgIpc) is 3.53. The highest BCUT2D eigenvalue weighted by Crippen LogP contribution is 2.58. The molecule has 2 aliphatic heterocycles. The lowest BCUT2D eigenvalue weighted by molar-refractivity contribution is -0.151. The average molecular weight is 840 g/mol. The molecule has 10 nitrogen and oxygen atoms in total. The summed E-state index contributed by atoms with van der Waals surface area (Å²) in [5, 5.41) is -0.0526. The van der Waals surface area contributed by atoms with E-state index in [0.29, 0.717) is 55.6 Å². The second-order valence-electron chi connectivity index (χ2n) is 17.0. The van der Waals surface area contributed by atoms with Gasteiger partial charge in [0.1, 0.15) is 0 Å². The van der Waals surface area contributed by atoms with Gasteiger partial charge < -0.3 is 46.6 Å². The summed E-state index contributed by atoms with van der Waals surface area (Å²) in [5.41, 5.74) is 1.75. The molecule has 0 aliphatic carbocycles. The predicted octanol–water partition coefficient (Wildman–Crippen LogP) is 11.1. The fraction of sp³-hybridized carbons (Fsp3) is 0.692. The van der Waals surface area contributed by atoms with Crippen molar-refractivity contribution in [3.63, 3.8) is 0 Å². The molecule has 0 spiro atoms. The van der Waals surface area contributed by atoms with E-state index in [2.05, 4.69) is 111 Å². The zero-order chi connectivity index (χ0) is 39.8. The van der Waals surface area contributed by atoms with Crippen LogP contribution in [0.1, 0.15) is 99.5 Å². The lowest BCUT2D eigenvalue weighted by atomic mass is 9.72. The maximum Gasteiger partial charge on any atom is 0.454 e. The molecule has 0 N–H and O–H groups in total. The molecular formula is C39H64BBrO10Si2. The van der Waals surface area contributed by atoms with Gasteiger partial charge in [-0.25, -0.2) is 0 Å². The van der Waals surface area contributed by atoms with Crippen molar-refractivity contribution in [1.82, 2.24) is 0 Å². The van der Waals surface area contributed by atoms with Crippen molar-refractivity contribution >= 4 is 39.7 Å². The molecule has 2 aromatic carbocycles. The van der Waals surface area contributed by atoms with Crippen LogP contribution < -0.4 is 28.1 Å². The van der Waals surface area contributed by atoms with Crippen molar-refractivity contribution in [3.8, 4) is 34.5 Å². The van der Waals surface area contributed by atoms with Crippen LogP contribution in [0, 0.1) is 5.92 Å². The van der Waals surface area contributed by atoms with E-state index in [1.54, 1.807) is 21.3 Å². The first-order valence-corrected chi connectivity index (χ1v) is 24.6. The molecule has 53 heavy (non-hydrogen) atoms. The highest BCUT2D eigenvalue weighted by Gasteiger charge is 2.57. The Balaban J connectivity index is 2.01. The van der Waals surface area contributed by atoms with Gasteiger partial charge in [-0.05, 0) is 88.2 Å². The molecular weight excluding hydrogens is 775 g/mol. The second kappa shape index (κ2) is 16.7. The Morgan fingerprint density at radius 3 is 2.06 bits per heavy atom. The number of hydrogen-bond acceptors (Lipinski definition) is 10. The van der Waals surface area contributed by atoms with Gasteiger partial charge in [0, 0.05) is 18.6 Å². The van der Waals surface area contributed by atoms with Crippen molar-refractivity contribution in [1.29, 1.82) is 0 Å². The van der Waals surface area contributed by atoms with Crippen molar-refractivity contribution in [2.75, 3.05) is 34.9 Å². The lowest BCUT2D eigenvalue weighted by Crippen LogP contribution is -2.58. The molecule has 2 aromatic rings. The van der Waals surface area contributed by atoms with E-state index in [4.69, 9.17) is 46.6 Å². The molecule has 0 saturated carbocycles. The summed E-state index contributed by atoms with van der Waals surface area (Å²) in [6.45, 7) is 31.4. The maximum absolute atomic E-state index is 7.88. The van der Waals surface area contributed by atoms with Crippen molar-refractivity contribution < 1.29 is 46.6 Å². The second-order valence-corrected chi connectivity index (χ2v) is 28.0. The minimum Gasteiger partial charge on any atom is -0.541 e. The molecule has 0 aromatic heterocycles. The Labute approximate surface area is 329 Å². The van der Waals surface area contributed by atoms with E-state index >= 15 is 0 Å². The van der Waals surface area contributed by atoms with Crippen LogP contribution in [0.4, 0.5) is 0 Å². The summed E-state index contributed by atoms with van der Waals surface area (Å²) in [4.78, 5) is 0. The van der Waals surface area contributed by atoms with Gasteiger partial charge in [0.05, 0.1) is 36.5 Å². The van der Waals surface area contributed by atoms with Crippen LogP contribution in [0.15, 0.2) is 22.7 Å². The van der Waals surface area contributed by atoms with Crippen LogP contribution >= 0.6 is 15.9 Å². The first-order valence-electron chi connectivity index (χ1n) is 18.8. The fourth-order valence-electron chi connectivity index (χ4n) is 7.96. The molecule has 1 fully saturated rings. The zero-order valence-corrected chi connectivity index (χ0v) is 38.7. The Bertz CT molecular complexity index is 1560. The molecule has 1 saturated heterocycles. The van der Waals surface area contributed by atoms with Gasteiger partial charge in [0.15, 0.2) is 29.8 Å². The number of fused-ring (bicyclic) bond motifs is 1. The zero-order valence-electron chi connectivity index (χ0n) is 35.1. The van der Waals surface area contributed by atoms with Gasteiger partial charge in [0.2, 0.25) is 26.6 Å². The topological polar surface area (TPSA) is 92.3 Å². The Morgan fingerprint density at radius 2 is 1.53 bits per heavy atom. The molecule has 14 heteroatoms. The molecule has 0 radical (unpaired) electrons. The highest BCUT2D eigenvalue weighted by atomic mass is 79.9. The Morgan fingerprint density at radius 1 is 0.925 bits per heavy atom. The van der Waals surface area contributed by atoms with Crippen LogP contribution in [0.5, 0.6) is 34.5 Å². The third-order valence-corrected chi connectivity index (χ3v) is 23.0. The molecule has 2 heterocycles. The lowest BCUT2D eigenvalue weighted by Gasteiger charge is -2.54. The predicted molar refractivity (Wildman–Crippen MR) is 219 cm³/mol. The molecule has 4 rings (SSSR count). The third kappa shape index (κ3) is 8.30. The van der Waals surface area contributed by atoms with Gasteiger partial charge in [-0.1, -0.05) is 69.2 Å². The van der Waals surface area contributed by atoms with Crippen LogP contribution in [0.25, 0.3) is 0 Å². The SMILES string of the molecule is COCOc1c(Br)c([C@@H]2OB(C)O[C@@](C)([C@H](O[Si](C(C)C)(C(C)C)C(C)C)c3cc(OC)c(OC)c(O[Si](C)(C)C(C)(C)C)c3)[C@H]2C)cc2c1OCO2. The van der Waals surface area contributed by atoms with Crippen LogP contribution in [-0.4, -0.2) is 64.3 Å². The van der Waals surface area contributed by atoms with Gasteiger partial charge in [-0.15, -0.1) is 0 Å². The van der Waals surface area contributed by atoms with Crippen LogP contribution in [0.2, 0.25) is 41.6 Å². The largest absolute Gasteiger partial charge is 0.541 e. The van der Waals surface area contributed by atoms with E-state index in [1.807, 2.05) is 19.0 Å². The number of hydrogen-bond donors (Lipinski definition) is 0. The van der Waals surface area contributed by atoms with E-state index < -0.39 is 41.6 Å². The molecule has 0 bridgehead atoms. The number of benzene rings is 2. The van der Waals surface area contributed by atoms with E-state index in [0.717, 1.165) is 11.1 Å². The van der Waals surface area contributed by atoms with Crippen LogP contribution in [-0.2, 0) is 18.5 Å². The fourth-order valence-corrected chi connectivity index (χ4v) is 15.2. The normalized spacial score (nSPS) is 21.4. The van der Waals surface area contributed by atoms with Gasteiger partial charge >= 0.3 is 7.12 Å². The highest BCUT2D eigenvalue weighted by molar-refractivity contribution is 9.10. The van der Waals surface area contributed by atoms with E-state index in [1.165, 1.54) is 0 Å². The first kappa shape index (κ1) is 43.8. The van der Waals surface area contributed by atoms with Gasteiger partial charge in [-0.2, -0.15) is 0 Å². The molecule has 298 valence electrons. The van der Waals surface area contributed by atoms with Crippen molar-refractivity contribution in [2.24, 2.45) is 5.92 Å². The number of rotatable bonds is 15. The first-order chi connectivity index (χ1) is 24.6. The summed E-state index contributed by atoms with van der Waals surface area (Å²) < 4.78 is 64.4. The molecule has 4 atom stereocenters. The molecule has 0 unspecified atom stereocenters. The molecule has 2 aliphatic rings. The number of halogens is 1. The van der Waals surface area contributed by atoms with Crippen LogP contribution in [0.3, 0.4) is 0 Å². The molecule has 0 amide bonds. The summed E-state index contributed by atoms with van der Waals surface area (Å²) in [6.07, 6.45) is -1.01. The van der Waals surface area contributed by atoms with E-state index in [-0.39, 0.29) is 24.5 Å². The Hall–Kier alpha value is -1.94.